The van der Waals surface area contributed by atoms with E-state index in [2.05, 4.69) is 18.0 Å². The van der Waals surface area contributed by atoms with Crippen molar-refractivity contribution in [3.8, 4) is 5.75 Å². The van der Waals surface area contributed by atoms with Crippen molar-refractivity contribution in [3.63, 3.8) is 0 Å². The second-order valence-corrected chi connectivity index (χ2v) is 5.45. The summed E-state index contributed by atoms with van der Waals surface area (Å²) >= 11 is 3.36. The predicted octanol–water partition coefficient (Wildman–Crippen LogP) is 5.09. The standard InChI is InChI=1S/C8H6OS.C7H7S.Y/c9-7-2-1-3-8-6(7)4-5-10-8;1-2-4-7-5-3-6-8-7;/h1-5,9H;2-6H,1H2;/q;-1;. The van der Waals surface area contributed by atoms with Crippen molar-refractivity contribution in [2.75, 3.05) is 0 Å². The van der Waals surface area contributed by atoms with Crippen molar-refractivity contribution in [2.24, 2.45) is 0 Å². The minimum atomic E-state index is 0. The van der Waals surface area contributed by atoms with Gasteiger partial charge in [-0.1, -0.05) is 10.9 Å². The van der Waals surface area contributed by atoms with Gasteiger partial charge in [-0.15, -0.1) is 23.5 Å². The van der Waals surface area contributed by atoms with Crippen LogP contribution in [0.1, 0.15) is 4.88 Å². The minimum absolute atomic E-state index is 0. The summed E-state index contributed by atoms with van der Waals surface area (Å²) in [6.45, 7) is 3.59. The molecule has 1 aromatic carbocycles. The smallest absolute Gasteiger partial charge is 0.124 e. The molecule has 0 saturated heterocycles. The van der Waals surface area contributed by atoms with Gasteiger partial charge in [0.2, 0.25) is 0 Å². The van der Waals surface area contributed by atoms with Gasteiger partial charge in [0.1, 0.15) is 5.75 Å². The number of benzene rings is 1. The Morgan fingerprint density at radius 1 is 1.05 bits per heavy atom. The second kappa shape index (κ2) is 8.54. The molecule has 0 aliphatic rings. The molecule has 0 saturated carbocycles. The maximum atomic E-state index is 9.27. The first kappa shape index (κ1) is 16.4. The van der Waals surface area contributed by atoms with Crippen LogP contribution in [0.5, 0.6) is 5.75 Å². The van der Waals surface area contributed by atoms with E-state index in [9.17, 15) is 5.11 Å². The molecule has 0 unspecified atom stereocenters. The number of hydrogen-bond acceptors (Lipinski definition) is 3. The van der Waals surface area contributed by atoms with Crippen molar-refractivity contribution in [1.82, 2.24) is 0 Å². The maximum absolute atomic E-state index is 9.27. The SMILES string of the molecule is C=C[CH-]c1cccs1.Oc1cccc2sccc12.[Y]. The van der Waals surface area contributed by atoms with Crippen molar-refractivity contribution >= 4 is 32.8 Å². The van der Waals surface area contributed by atoms with E-state index >= 15 is 0 Å². The van der Waals surface area contributed by atoms with Crippen molar-refractivity contribution in [1.29, 1.82) is 0 Å². The zero-order valence-corrected chi connectivity index (χ0v) is 14.8. The van der Waals surface area contributed by atoms with Crippen molar-refractivity contribution in [2.45, 2.75) is 0 Å². The predicted molar refractivity (Wildman–Crippen MR) is 81.4 cm³/mol. The molecule has 0 atom stereocenters. The van der Waals surface area contributed by atoms with E-state index in [4.69, 9.17) is 0 Å². The van der Waals surface area contributed by atoms with Gasteiger partial charge < -0.3 is 5.11 Å². The topological polar surface area (TPSA) is 20.2 Å². The normalized spacial score (nSPS) is 9.05. The Kier molecular flexibility index (Phi) is 7.39. The molecule has 0 fully saturated rings. The maximum Gasteiger partial charge on any atom is 0.124 e. The number of aromatic hydroxyl groups is 1. The zero-order valence-electron chi connectivity index (χ0n) is 10.3. The molecule has 2 aromatic heterocycles. The van der Waals surface area contributed by atoms with E-state index in [0.29, 0.717) is 5.75 Å². The zero-order chi connectivity index (χ0) is 12.8. The molecule has 3 rings (SSSR count). The molecular formula is C15H13OS2Y-. The number of rotatable bonds is 2. The average molecular weight is 362 g/mol. The number of phenolic OH excluding ortho intramolecular Hbond substituents is 1. The molecule has 0 spiro atoms. The van der Waals surface area contributed by atoms with Crippen LogP contribution in [0, 0.1) is 6.42 Å². The molecule has 0 bridgehead atoms. The summed E-state index contributed by atoms with van der Waals surface area (Å²) in [5.74, 6) is 0.374. The summed E-state index contributed by atoms with van der Waals surface area (Å²) < 4.78 is 1.14. The van der Waals surface area contributed by atoms with Crippen LogP contribution in [0.2, 0.25) is 0 Å². The van der Waals surface area contributed by atoms with Gasteiger partial charge in [-0.05, 0) is 29.0 Å². The Hall–Kier alpha value is -0.606. The molecule has 1 N–H and O–H groups in total. The van der Waals surface area contributed by atoms with Crippen molar-refractivity contribution in [3.05, 3.63) is 71.1 Å². The summed E-state index contributed by atoms with van der Waals surface area (Å²) in [7, 11) is 0. The third-order valence-corrected chi connectivity index (χ3v) is 4.02. The van der Waals surface area contributed by atoms with Crippen molar-refractivity contribution < 1.29 is 37.8 Å². The van der Waals surface area contributed by atoms with Gasteiger partial charge >= 0.3 is 0 Å². The van der Waals surface area contributed by atoms with E-state index in [0.717, 1.165) is 10.1 Å². The minimum Gasteiger partial charge on any atom is -0.507 e. The van der Waals surface area contributed by atoms with Crippen LogP contribution in [-0.4, -0.2) is 5.11 Å². The molecule has 4 heteroatoms. The van der Waals surface area contributed by atoms with Crippen LogP contribution in [-0.2, 0) is 32.7 Å². The molecule has 1 radical (unpaired) electrons. The van der Waals surface area contributed by atoms with Gasteiger partial charge in [0.25, 0.3) is 0 Å². The van der Waals surface area contributed by atoms with E-state index in [-0.39, 0.29) is 32.7 Å². The third-order valence-electron chi connectivity index (χ3n) is 2.30. The number of thiophene rings is 2. The Balaban J connectivity index is 0.000000185. The third kappa shape index (κ3) is 4.77. The van der Waals surface area contributed by atoms with Gasteiger partial charge in [-0.3, -0.25) is 0 Å². The fourth-order valence-corrected chi connectivity index (χ4v) is 2.93. The number of phenols is 1. The Bertz CT molecular complexity index is 614. The van der Waals surface area contributed by atoms with E-state index < -0.39 is 0 Å². The molecule has 3 aromatic rings. The summed E-state index contributed by atoms with van der Waals surface area (Å²) in [6.07, 6.45) is 3.79. The molecule has 0 amide bonds. The van der Waals surface area contributed by atoms with Gasteiger partial charge in [-0.2, -0.15) is 30.4 Å². The molecule has 95 valence electrons. The van der Waals surface area contributed by atoms with E-state index in [1.54, 1.807) is 34.8 Å². The number of fused-ring (bicyclic) bond motifs is 1. The first-order chi connectivity index (χ1) is 8.81. The molecule has 1 nitrogen and oxygen atoms in total. The Morgan fingerprint density at radius 2 is 1.89 bits per heavy atom. The first-order valence-corrected chi connectivity index (χ1v) is 7.21. The number of hydrogen-bond donors (Lipinski definition) is 1. The van der Waals surface area contributed by atoms with Crippen LogP contribution >= 0.6 is 22.7 Å². The largest absolute Gasteiger partial charge is 0.507 e. The molecule has 2 heterocycles. The van der Waals surface area contributed by atoms with Crippen LogP contribution in [0.15, 0.2) is 59.8 Å². The summed E-state index contributed by atoms with van der Waals surface area (Å²) in [5.41, 5.74) is 0. The average Bonchev–Trinajstić information content (AvgIpc) is 3.01. The molecule has 19 heavy (non-hydrogen) atoms. The fourth-order valence-electron chi connectivity index (χ4n) is 1.48. The Labute approximate surface area is 146 Å². The van der Waals surface area contributed by atoms with E-state index in [1.807, 2.05) is 36.1 Å². The molecule has 0 aliphatic heterocycles. The van der Waals surface area contributed by atoms with Gasteiger partial charge in [0, 0.05) is 42.8 Å². The Morgan fingerprint density at radius 3 is 2.53 bits per heavy atom. The monoisotopic (exact) mass is 362 g/mol. The summed E-state index contributed by atoms with van der Waals surface area (Å²) in [4.78, 5) is 1.26. The van der Waals surface area contributed by atoms with Crippen LogP contribution in [0.3, 0.4) is 0 Å². The van der Waals surface area contributed by atoms with Gasteiger partial charge in [0.15, 0.2) is 0 Å². The first-order valence-electron chi connectivity index (χ1n) is 5.45. The van der Waals surface area contributed by atoms with Crippen LogP contribution in [0.4, 0.5) is 0 Å². The van der Waals surface area contributed by atoms with E-state index in [1.165, 1.54) is 4.88 Å². The molecular weight excluding hydrogens is 349 g/mol. The number of allylic oxidation sites excluding steroid dienone is 1. The second-order valence-electron chi connectivity index (χ2n) is 3.53. The van der Waals surface area contributed by atoms with Gasteiger partial charge in [-0.25, -0.2) is 0 Å². The van der Waals surface area contributed by atoms with Crippen LogP contribution in [0.25, 0.3) is 10.1 Å². The quantitative estimate of drug-likeness (QED) is 0.630. The summed E-state index contributed by atoms with van der Waals surface area (Å²) in [6, 6.07) is 11.6. The molecule has 0 aliphatic carbocycles. The van der Waals surface area contributed by atoms with Crippen LogP contribution < -0.4 is 0 Å². The van der Waals surface area contributed by atoms with Gasteiger partial charge in [0.05, 0.1) is 0 Å². The summed E-state index contributed by atoms with van der Waals surface area (Å²) in [5, 5.41) is 14.2. The fraction of sp³-hybridized carbons (Fsp3) is 0.